The van der Waals surface area contributed by atoms with Gasteiger partial charge in [-0.15, -0.1) is 0 Å². The molecule has 0 aliphatic rings. The predicted molar refractivity (Wildman–Crippen MR) is 50.9 cm³/mol. The number of anilines is 1. The van der Waals surface area contributed by atoms with Gasteiger partial charge in [0.25, 0.3) is 0 Å². The lowest BCUT2D eigenvalue weighted by Crippen LogP contribution is -2.51. The van der Waals surface area contributed by atoms with Crippen LogP contribution in [0.4, 0.5) is 5.69 Å². The van der Waals surface area contributed by atoms with Gasteiger partial charge in [0.15, 0.2) is 0 Å². The number of carbonyl (C=O) groups is 1. The van der Waals surface area contributed by atoms with Crippen LogP contribution >= 0.6 is 0 Å². The van der Waals surface area contributed by atoms with E-state index in [1.807, 2.05) is 0 Å². The van der Waals surface area contributed by atoms with Crippen LogP contribution in [-0.4, -0.2) is 38.4 Å². The summed E-state index contributed by atoms with van der Waals surface area (Å²) < 4.78 is 0. The number of carboxylic acid groups (broad SMARTS) is 1. The Morgan fingerprint density at radius 3 is 2.13 bits per heavy atom. The average Bonchev–Trinajstić information content (AvgIpc) is 2.13. The fourth-order valence-corrected chi connectivity index (χ4v) is 1.03. The van der Waals surface area contributed by atoms with E-state index in [0.717, 1.165) is 0 Å². The molecule has 82 valence electrons. The quantitative estimate of drug-likeness (QED) is 0.418. The van der Waals surface area contributed by atoms with Crippen LogP contribution in [0.25, 0.3) is 0 Å². The number of aliphatic hydroxyl groups is 3. The molecular weight excluding hydrogens is 202 g/mol. The number of nitrogens with one attached hydrogen (secondary N) is 1. The Morgan fingerprint density at radius 2 is 1.73 bits per heavy atom. The van der Waals surface area contributed by atoms with Crippen LogP contribution in [0.15, 0.2) is 30.3 Å². The molecule has 0 heterocycles. The van der Waals surface area contributed by atoms with Crippen molar-refractivity contribution >= 4 is 11.7 Å². The first-order valence-corrected chi connectivity index (χ1v) is 4.13. The molecule has 1 aromatic rings. The lowest BCUT2D eigenvalue weighted by Gasteiger charge is -2.23. The van der Waals surface area contributed by atoms with Gasteiger partial charge in [-0.05, 0) is 12.1 Å². The van der Waals surface area contributed by atoms with Gasteiger partial charge in [0.05, 0.1) is 0 Å². The fourth-order valence-electron chi connectivity index (χ4n) is 1.03. The van der Waals surface area contributed by atoms with Crippen LogP contribution in [0.2, 0.25) is 0 Å². The monoisotopic (exact) mass is 213 g/mol. The van der Waals surface area contributed by atoms with Crippen LogP contribution in [0.3, 0.4) is 0 Å². The fraction of sp³-hybridized carbons (Fsp3) is 0.222. The first-order valence-electron chi connectivity index (χ1n) is 4.13. The Hall–Kier alpha value is -1.63. The van der Waals surface area contributed by atoms with E-state index in [9.17, 15) is 4.79 Å². The molecule has 15 heavy (non-hydrogen) atoms. The third-order valence-corrected chi connectivity index (χ3v) is 1.72. The normalized spacial score (nSPS) is 13.3. The molecule has 6 nitrogen and oxygen atoms in total. The highest BCUT2D eigenvalue weighted by atomic mass is 16.7. The van der Waals surface area contributed by atoms with Gasteiger partial charge >= 0.3 is 11.9 Å². The van der Waals surface area contributed by atoms with E-state index in [1.165, 1.54) is 12.1 Å². The number of para-hydroxylation sites is 1. The minimum absolute atomic E-state index is 0.353. The molecule has 0 amide bonds. The summed E-state index contributed by atoms with van der Waals surface area (Å²) in [6, 6.07) is 6.12. The first-order chi connectivity index (χ1) is 6.91. The molecule has 0 spiro atoms. The molecule has 0 aliphatic carbocycles. The molecule has 0 aliphatic heterocycles. The Balaban J connectivity index is 2.82. The van der Waals surface area contributed by atoms with Gasteiger partial charge in [-0.2, -0.15) is 0 Å². The zero-order chi connectivity index (χ0) is 11.5. The summed E-state index contributed by atoms with van der Waals surface area (Å²) in [6.07, 6.45) is 0. The number of hydrogen-bond donors (Lipinski definition) is 5. The van der Waals surface area contributed by atoms with Crippen molar-refractivity contribution < 1.29 is 25.2 Å². The van der Waals surface area contributed by atoms with Crippen molar-refractivity contribution in [2.75, 3.05) is 5.32 Å². The van der Waals surface area contributed by atoms with Gasteiger partial charge < -0.3 is 25.7 Å². The van der Waals surface area contributed by atoms with Crippen molar-refractivity contribution in [2.45, 2.75) is 12.0 Å². The topological polar surface area (TPSA) is 110 Å². The maximum absolute atomic E-state index is 10.6. The standard InChI is InChI=1S/C9H11NO5/c11-8(12)7(9(13,14)15)10-6-4-2-1-3-5-6/h1-5,7,10,13-15H,(H,11,12)/t7-/m1/s1. The summed E-state index contributed by atoms with van der Waals surface area (Å²) in [5, 5.41) is 37.2. The minimum Gasteiger partial charge on any atom is -0.479 e. The van der Waals surface area contributed by atoms with E-state index in [1.54, 1.807) is 18.2 Å². The molecule has 1 rings (SSSR count). The van der Waals surface area contributed by atoms with E-state index >= 15 is 0 Å². The maximum Gasteiger partial charge on any atom is 0.334 e. The second-order valence-electron chi connectivity index (χ2n) is 2.97. The van der Waals surface area contributed by atoms with Gasteiger partial charge in [0.1, 0.15) is 0 Å². The van der Waals surface area contributed by atoms with Gasteiger partial charge in [-0.25, -0.2) is 4.79 Å². The third kappa shape index (κ3) is 3.21. The lowest BCUT2D eigenvalue weighted by molar-refractivity contribution is -0.316. The molecule has 1 aromatic carbocycles. The van der Waals surface area contributed by atoms with E-state index in [4.69, 9.17) is 20.4 Å². The third-order valence-electron chi connectivity index (χ3n) is 1.72. The Morgan fingerprint density at radius 1 is 1.20 bits per heavy atom. The second-order valence-corrected chi connectivity index (χ2v) is 2.97. The zero-order valence-electron chi connectivity index (χ0n) is 7.66. The van der Waals surface area contributed by atoms with Gasteiger partial charge in [0, 0.05) is 5.69 Å². The summed E-state index contributed by atoms with van der Waals surface area (Å²) in [7, 11) is 0. The molecule has 5 N–H and O–H groups in total. The molecule has 0 aromatic heterocycles. The van der Waals surface area contributed by atoms with Crippen LogP contribution in [-0.2, 0) is 4.79 Å². The first kappa shape index (κ1) is 11.4. The number of hydrogen-bond acceptors (Lipinski definition) is 5. The number of rotatable bonds is 4. The van der Waals surface area contributed by atoms with Crippen molar-refractivity contribution in [2.24, 2.45) is 0 Å². The average molecular weight is 213 g/mol. The lowest BCUT2D eigenvalue weighted by atomic mass is 10.2. The Labute approximate surface area is 85.4 Å². The van der Waals surface area contributed by atoms with Gasteiger partial charge in [0.2, 0.25) is 6.04 Å². The summed E-state index contributed by atoms with van der Waals surface area (Å²) in [6.45, 7) is 0. The molecule has 0 unspecified atom stereocenters. The maximum atomic E-state index is 10.6. The van der Waals surface area contributed by atoms with Crippen molar-refractivity contribution in [3.05, 3.63) is 30.3 Å². The molecule has 0 radical (unpaired) electrons. The SMILES string of the molecule is O=C(O)[C@@H](Nc1ccccc1)C(O)(O)O. The Bertz CT molecular complexity index is 332. The minimum atomic E-state index is -3.32. The van der Waals surface area contributed by atoms with Crippen molar-refractivity contribution in [3.63, 3.8) is 0 Å². The Kier molecular flexibility index (Phi) is 3.25. The summed E-state index contributed by atoms with van der Waals surface area (Å²) in [4.78, 5) is 10.6. The molecule has 0 bridgehead atoms. The van der Waals surface area contributed by atoms with Crippen molar-refractivity contribution in [1.29, 1.82) is 0 Å². The van der Waals surface area contributed by atoms with Crippen LogP contribution in [0, 0.1) is 0 Å². The zero-order valence-corrected chi connectivity index (χ0v) is 7.66. The number of benzene rings is 1. The highest BCUT2D eigenvalue weighted by molar-refractivity contribution is 5.78. The van der Waals surface area contributed by atoms with Crippen LogP contribution < -0.4 is 5.32 Å². The molecule has 0 saturated carbocycles. The largest absolute Gasteiger partial charge is 0.479 e. The highest BCUT2D eigenvalue weighted by Gasteiger charge is 2.38. The summed E-state index contributed by atoms with van der Waals surface area (Å²) >= 11 is 0. The van der Waals surface area contributed by atoms with Gasteiger partial charge in [-0.3, -0.25) is 0 Å². The molecule has 0 fully saturated rings. The second kappa shape index (κ2) is 4.26. The molecule has 6 heteroatoms. The van der Waals surface area contributed by atoms with E-state index in [2.05, 4.69) is 5.32 Å². The van der Waals surface area contributed by atoms with E-state index < -0.39 is 18.0 Å². The summed E-state index contributed by atoms with van der Waals surface area (Å²) in [5.74, 6) is -4.90. The summed E-state index contributed by atoms with van der Waals surface area (Å²) in [5.41, 5.74) is 0.353. The van der Waals surface area contributed by atoms with Gasteiger partial charge in [-0.1, -0.05) is 18.2 Å². The van der Waals surface area contributed by atoms with Crippen LogP contribution in [0.1, 0.15) is 0 Å². The van der Waals surface area contributed by atoms with Crippen molar-refractivity contribution in [1.82, 2.24) is 0 Å². The predicted octanol–water partition coefficient (Wildman–Crippen LogP) is -0.818. The van der Waals surface area contributed by atoms with Crippen molar-refractivity contribution in [3.8, 4) is 0 Å². The highest BCUT2D eigenvalue weighted by Crippen LogP contribution is 2.12. The number of aliphatic carboxylic acids is 1. The van der Waals surface area contributed by atoms with Crippen LogP contribution in [0.5, 0.6) is 0 Å². The van der Waals surface area contributed by atoms with E-state index in [0.29, 0.717) is 5.69 Å². The van der Waals surface area contributed by atoms with E-state index in [-0.39, 0.29) is 0 Å². The molecule has 1 atom stereocenters. The number of carboxylic acids is 1. The molecular formula is C9H11NO5. The molecule has 0 saturated heterocycles. The smallest absolute Gasteiger partial charge is 0.334 e.